The number of halogens is 2. The van der Waals surface area contributed by atoms with Crippen LogP contribution >= 0.6 is 11.6 Å². The normalized spacial score (nSPS) is 10.1. The highest BCUT2D eigenvalue weighted by Gasteiger charge is 2.16. The average molecular weight is 280 g/mol. The Bertz CT molecular complexity index is 596. The van der Waals surface area contributed by atoms with Crippen LogP contribution < -0.4 is 10.1 Å². The lowest BCUT2D eigenvalue weighted by atomic mass is 10.2. The zero-order chi connectivity index (χ0) is 13.8. The predicted octanol–water partition coefficient (Wildman–Crippen LogP) is 3.74. The summed E-state index contributed by atoms with van der Waals surface area (Å²) in [6.45, 7) is 0. The molecular weight excluding hydrogens is 269 g/mol. The fraction of sp³-hybridized carbons (Fsp3) is 0.0714. The molecule has 0 saturated heterocycles. The van der Waals surface area contributed by atoms with Gasteiger partial charge in [-0.25, -0.2) is 4.39 Å². The van der Waals surface area contributed by atoms with E-state index in [-0.39, 0.29) is 10.6 Å². The van der Waals surface area contributed by atoms with Crippen molar-refractivity contribution in [3.05, 3.63) is 58.9 Å². The molecule has 1 N–H and O–H groups in total. The summed E-state index contributed by atoms with van der Waals surface area (Å²) < 4.78 is 18.7. The Morgan fingerprint density at radius 1 is 1.21 bits per heavy atom. The molecular formula is C14H11ClFNO2. The van der Waals surface area contributed by atoms with Crippen molar-refractivity contribution in [3.8, 4) is 5.75 Å². The molecule has 5 heteroatoms. The third-order valence-corrected chi connectivity index (χ3v) is 2.86. The van der Waals surface area contributed by atoms with E-state index in [0.717, 1.165) is 0 Å². The molecule has 2 rings (SSSR count). The van der Waals surface area contributed by atoms with Gasteiger partial charge in [0, 0.05) is 0 Å². The molecule has 0 atom stereocenters. The van der Waals surface area contributed by atoms with Crippen LogP contribution in [0.15, 0.2) is 42.5 Å². The topological polar surface area (TPSA) is 38.3 Å². The van der Waals surface area contributed by atoms with Gasteiger partial charge >= 0.3 is 0 Å². The number of hydrogen-bond donors (Lipinski definition) is 1. The number of hydrogen-bond acceptors (Lipinski definition) is 2. The highest BCUT2D eigenvalue weighted by molar-refractivity contribution is 6.34. The summed E-state index contributed by atoms with van der Waals surface area (Å²) in [7, 11) is 1.49. The standard InChI is InChI=1S/C14H11ClFNO2/c1-19-12-8-3-2-7-11(12)17-14(18)13-9(15)5-4-6-10(13)16/h2-8H,1H3,(H,17,18). The number of nitrogens with one attached hydrogen (secondary N) is 1. The van der Waals surface area contributed by atoms with Crippen molar-refractivity contribution >= 4 is 23.2 Å². The maximum atomic E-state index is 13.6. The van der Waals surface area contributed by atoms with Gasteiger partial charge in [-0.3, -0.25) is 4.79 Å². The molecule has 2 aromatic rings. The molecule has 0 aliphatic carbocycles. The Morgan fingerprint density at radius 3 is 2.63 bits per heavy atom. The van der Waals surface area contributed by atoms with Crippen LogP contribution in [0.2, 0.25) is 5.02 Å². The van der Waals surface area contributed by atoms with Crippen molar-refractivity contribution in [2.45, 2.75) is 0 Å². The van der Waals surface area contributed by atoms with Crippen LogP contribution in [0.3, 0.4) is 0 Å². The molecule has 0 aliphatic heterocycles. The van der Waals surface area contributed by atoms with Gasteiger partial charge in [0.15, 0.2) is 0 Å². The number of carbonyl (C=O) groups excluding carboxylic acids is 1. The lowest BCUT2D eigenvalue weighted by Crippen LogP contribution is -2.15. The van der Waals surface area contributed by atoms with Gasteiger partial charge in [-0.1, -0.05) is 29.8 Å². The first kappa shape index (κ1) is 13.4. The zero-order valence-corrected chi connectivity index (χ0v) is 10.9. The van der Waals surface area contributed by atoms with Crippen LogP contribution in [0, 0.1) is 5.82 Å². The average Bonchev–Trinajstić information content (AvgIpc) is 2.39. The van der Waals surface area contributed by atoms with E-state index in [1.807, 2.05) is 0 Å². The Balaban J connectivity index is 2.31. The number of rotatable bonds is 3. The molecule has 0 saturated carbocycles. The molecule has 19 heavy (non-hydrogen) atoms. The first-order valence-electron chi connectivity index (χ1n) is 5.52. The first-order valence-corrected chi connectivity index (χ1v) is 5.89. The van der Waals surface area contributed by atoms with Gasteiger partial charge in [0.1, 0.15) is 11.6 Å². The minimum absolute atomic E-state index is 0.0624. The fourth-order valence-electron chi connectivity index (χ4n) is 1.65. The second-order valence-corrected chi connectivity index (χ2v) is 4.16. The molecule has 2 aromatic carbocycles. The van der Waals surface area contributed by atoms with Gasteiger partial charge in [0.25, 0.3) is 5.91 Å². The third kappa shape index (κ3) is 2.85. The van der Waals surface area contributed by atoms with Crippen LogP contribution in [0.5, 0.6) is 5.75 Å². The van der Waals surface area contributed by atoms with Crippen LogP contribution in [-0.2, 0) is 0 Å². The van der Waals surface area contributed by atoms with Crippen molar-refractivity contribution in [3.63, 3.8) is 0 Å². The van der Waals surface area contributed by atoms with Gasteiger partial charge in [-0.15, -0.1) is 0 Å². The highest BCUT2D eigenvalue weighted by atomic mass is 35.5. The quantitative estimate of drug-likeness (QED) is 0.929. The lowest BCUT2D eigenvalue weighted by molar-refractivity contribution is 0.102. The number of methoxy groups -OCH3 is 1. The minimum atomic E-state index is -0.667. The summed E-state index contributed by atoms with van der Waals surface area (Å²) in [5.74, 6) is -0.796. The number of para-hydroxylation sites is 2. The second kappa shape index (κ2) is 5.71. The SMILES string of the molecule is COc1ccccc1NC(=O)c1c(F)cccc1Cl. The fourth-order valence-corrected chi connectivity index (χ4v) is 1.90. The van der Waals surface area contributed by atoms with Gasteiger partial charge in [0.05, 0.1) is 23.4 Å². The first-order chi connectivity index (χ1) is 9.13. The molecule has 0 heterocycles. The van der Waals surface area contributed by atoms with Crippen molar-refractivity contribution in [2.75, 3.05) is 12.4 Å². The van der Waals surface area contributed by atoms with Crippen molar-refractivity contribution in [1.82, 2.24) is 0 Å². The molecule has 3 nitrogen and oxygen atoms in total. The zero-order valence-electron chi connectivity index (χ0n) is 10.1. The summed E-state index contributed by atoms with van der Waals surface area (Å²) >= 11 is 5.83. The van der Waals surface area contributed by atoms with E-state index in [1.165, 1.54) is 25.3 Å². The monoisotopic (exact) mass is 279 g/mol. The van der Waals surface area contributed by atoms with Crippen LogP contribution in [0.1, 0.15) is 10.4 Å². The van der Waals surface area contributed by atoms with Crippen LogP contribution in [0.4, 0.5) is 10.1 Å². The van der Waals surface area contributed by atoms with E-state index in [4.69, 9.17) is 16.3 Å². The summed E-state index contributed by atoms with van der Waals surface area (Å²) in [4.78, 5) is 12.0. The summed E-state index contributed by atoms with van der Waals surface area (Å²) in [6, 6.07) is 10.9. The maximum absolute atomic E-state index is 13.6. The molecule has 0 aromatic heterocycles. The summed E-state index contributed by atoms with van der Waals surface area (Å²) in [5.41, 5.74) is 0.268. The van der Waals surface area contributed by atoms with Crippen LogP contribution in [0.25, 0.3) is 0 Å². The number of amides is 1. The number of ether oxygens (including phenoxy) is 1. The van der Waals surface area contributed by atoms with Crippen molar-refractivity contribution < 1.29 is 13.9 Å². The van der Waals surface area contributed by atoms with Crippen molar-refractivity contribution in [2.24, 2.45) is 0 Å². The van der Waals surface area contributed by atoms with E-state index in [0.29, 0.717) is 11.4 Å². The Hall–Kier alpha value is -2.07. The lowest BCUT2D eigenvalue weighted by Gasteiger charge is -2.10. The molecule has 0 aliphatic rings. The van der Waals surface area contributed by atoms with Gasteiger partial charge in [-0.2, -0.15) is 0 Å². The Kier molecular flexibility index (Phi) is 4.02. The minimum Gasteiger partial charge on any atom is -0.495 e. The summed E-state index contributed by atoms with van der Waals surface area (Å²) in [6.07, 6.45) is 0. The van der Waals surface area contributed by atoms with E-state index in [2.05, 4.69) is 5.32 Å². The summed E-state index contributed by atoms with van der Waals surface area (Å²) in [5, 5.41) is 2.63. The number of benzene rings is 2. The maximum Gasteiger partial charge on any atom is 0.260 e. The van der Waals surface area contributed by atoms with E-state index >= 15 is 0 Å². The largest absolute Gasteiger partial charge is 0.495 e. The van der Waals surface area contributed by atoms with E-state index in [9.17, 15) is 9.18 Å². The molecule has 0 fully saturated rings. The Morgan fingerprint density at radius 2 is 1.95 bits per heavy atom. The smallest absolute Gasteiger partial charge is 0.260 e. The molecule has 0 unspecified atom stereocenters. The van der Waals surface area contributed by atoms with Gasteiger partial charge < -0.3 is 10.1 Å². The van der Waals surface area contributed by atoms with Crippen molar-refractivity contribution in [1.29, 1.82) is 0 Å². The molecule has 0 bridgehead atoms. The van der Waals surface area contributed by atoms with Gasteiger partial charge in [-0.05, 0) is 24.3 Å². The molecule has 98 valence electrons. The predicted molar refractivity (Wildman–Crippen MR) is 72.4 cm³/mol. The van der Waals surface area contributed by atoms with E-state index < -0.39 is 11.7 Å². The number of anilines is 1. The molecule has 0 spiro atoms. The number of carbonyl (C=O) groups is 1. The van der Waals surface area contributed by atoms with E-state index in [1.54, 1.807) is 24.3 Å². The third-order valence-electron chi connectivity index (χ3n) is 2.54. The van der Waals surface area contributed by atoms with Gasteiger partial charge in [0.2, 0.25) is 0 Å². The highest BCUT2D eigenvalue weighted by Crippen LogP contribution is 2.25. The molecule has 0 radical (unpaired) electrons. The second-order valence-electron chi connectivity index (χ2n) is 3.75. The van der Waals surface area contributed by atoms with Crippen LogP contribution in [-0.4, -0.2) is 13.0 Å². The molecule has 1 amide bonds. The Labute approximate surface area is 115 Å².